The molecule has 94 valence electrons. The predicted molar refractivity (Wildman–Crippen MR) is 69.7 cm³/mol. The summed E-state index contributed by atoms with van der Waals surface area (Å²) in [7, 11) is 2.02. The van der Waals surface area contributed by atoms with E-state index in [0.717, 1.165) is 6.61 Å². The lowest BCUT2D eigenvalue weighted by Gasteiger charge is -2.40. The van der Waals surface area contributed by atoms with Gasteiger partial charge in [-0.3, -0.25) is 0 Å². The van der Waals surface area contributed by atoms with E-state index in [0.29, 0.717) is 6.04 Å². The zero-order chi connectivity index (χ0) is 12.0. The van der Waals surface area contributed by atoms with Gasteiger partial charge in [0.05, 0.1) is 11.6 Å². The number of nitrogens with one attached hydrogen (secondary N) is 1. The van der Waals surface area contributed by atoms with Gasteiger partial charge >= 0.3 is 0 Å². The Hall–Kier alpha value is -0.340. The van der Waals surface area contributed by atoms with Crippen LogP contribution in [0.15, 0.2) is 12.2 Å². The summed E-state index contributed by atoms with van der Waals surface area (Å²) < 4.78 is 6.14. The van der Waals surface area contributed by atoms with Gasteiger partial charge in [-0.25, -0.2) is 0 Å². The molecule has 0 saturated heterocycles. The average Bonchev–Trinajstić information content (AvgIpc) is 2.45. The second-order valence-electron chi connectivity index (χ2n) is 4.98. The van der Waals surface area contributed by atoms with Gasteiger partial charge in [-0.15, -0.1) is 0 Å². The average molecular weight is 225 g/mol. The Balaban J connectivity index is 2.86. The highest BCUT2D eigenvalue weighted by Gasteiger charge is 2.39. The summed E-state index contributed by atoms with van der Waals surface area (Å²) in [6.07, 6.45) is 7.60. The van der Waals surface area contributed by atoms with Gasteiger partial charge < -0.3 is 10.1 Å². The van der Waals surface area contributed by atoms with E-state index in [9.17, 15) is 0 Å². The highest BCUT2D eigenvalue weighted by molar-refractivity contribution is 5.12. The summed E-state index contributed by atoms with van der Waals surface area (Å²) in [6, 6.07) is 0.297. The summed E-state index contributed by atoms with van der Waals surface area (Å²) in [4.78, 5) is 0. The third kappa shape index (κ3) is 3.08. The van der Waals surface area contributed by atoms with Crippen LogP contribution in [0, 0.1) is 0 Å². The molecule has 1 N–H and O–H groups in total. The van der Waals surface area contributed by atoms with Gasteiger partial charge in [0.2, 0.25) is 0 Å². The molecule has 0 amide bonds. The molecule has 1 aliphatic carbocycles. The van der Waals surface area contributed by atoms with E-state index < -0.39 is 0 Å². The lowest BCUT2D eigenvalue weighted by Crippen LogP contribution is -2.52. The van der Waals surface area contributed by atoms with Crippen molar-refractivity contribution in [3.05, 3.63) is 12.2 Å². The molecule has 1 fully saturated rings. The van der Waals surface area contributed by atoms with E-state index in [1.165, 1.54) is 44.1 Å². The molecule has 1 unspecified atom stereocenters. The Bertz CT molecular complexity index is 217. The Labute approximate surface area is 100 Å². The topological polar surface area (TPSA) is 21.3 Å². The first-order chi connectivity index (χ1) is 7.66. The maximum atomic E-state index is 6.14. The van der Waals surface area contributed by atoms with Gasteiger partial charge in [0, 0.05) is 6.61 Å². The maximum Gasteiger partial charge on any atom is 0.0872 e. The number of hydrogen-bond acceptors (Lipinski definition) is 2. The van der Waals surface area contributed by atoms with E-state index in [1.54, 1.807) is 0 Å². The second kappa shape index (κ2) is 6.41. The van der Waals surface area contributed by atoms with Crippen LogP contribution in [-0.4, -0.2) is 25.3 Å². The molecule has 0 aliphatic heterocycles. The molecule has 1 saturated carbocycles. The second-order valence-corrected chi connectivity index (χ2v) is 4.98. The molecule has 0 spiro atoms. The molecule has 0 aromatic rings. The molecular weight excluding hydrogens is 198 g/mol. The Morgan fingerprint density at radius 2 is 1.88 bits per heavy atom. The minimum absolute atomic E-state index is 0.00810. The summed E-state index contributed by atoms with van der Waals surface area (Å²) in [5, 5.41) is 3.40. The SMILES string of the molecule is C=C(C)C(NC)C1(OCC)CCCCCC1. The van der Waals surface area contributed by atoms with Crippen LogP contribution in [-0.2, 0) is 4.74 Å². The van der Waals surface area contributed by atoms with Crippen LogP contribution in [0.2, 0.25) is 0 Å². The molecule has 0 heterocycles. The van der Waals surface area contributed by atoms with Crippen LogP contribution in [0.3, 0.4) is 0 Å². The van der Waals surface area contributed by atoms with Gasteiger partial charge in [0.25, 0.3) is 0 Å². The highest BCUT2D eigenvalue weighted by atomic mass is 16.5. The Morgan fingerprint density at radius 3 is 2.25 bits per heavy atom. The molecule has 0 bridgehead atoms. The quantitative estimate of drug-likeness (QED) is 0.572. The van der Waals surface area contributed by atoms with Crippen molar-refractivity contribution in [1.82, 2.24) is 5.32 Å². The van der Waals surface area contributed by atoms with Crippen LogP contribution in [0.5, 0.6) is 0 Å². The third-order valence-electron chi connectivity index (χ3n) is 3.69. The molecule has 2 heteroatoms. The molecule has 0 radical (unpaired) electrons. The number of likely N-dealkylation sites (N-methyl/N-ethyl adjacent to an activating group) is 1. The van der Waals surface area contributed by atoms with E-state index in [2.05, 4.69) is 25.7 Å². The number of ether oxygens (including phenoxy) is 1. The monoisotopic (exact) mass is 225 g/mol. The van der Waals surface area contributed by atoms with E-state index in [-0.39, 0.29) is 5.60 Å². The zero-order valence-corrected chi connectivity index (χ0v) is 11.1. The lowest BCUT2D eigenvalue weighted by atomic mass is 9.83. The van der Waals surface area contributed by atoms with Gasteiger partial charge in [0.1, 0.15) is 0 Å². The van der Waals surface area contributed by atoms with Crippen LogP contribution >= 0.6 is 0 Å². The van der Waals surface area contributed by atoms with Gasteiger partial charge in [-0.05, 0) is 33.7 Å². The summed E-state index contributed by atoms with van der Waals surface area (Å²) in [5.74, 6) is 0. The van der Waals surface area contributed by atoms with E-state index in [1.807, 2.05) is 7.05 Å². The molecule has 1 rings (SSSR count). The fourth-order valence-corrected chi connectivity index (χ4v) is 3.09. The maximum absolute atomic E-state index is 6.14. The zero-order valence-electron chi connectivity index (χ0n) is 11.1. The minimum Gasteiger partial charge on any atom is -0.373 e. The van der Waals surface area contributed by atoms with Gasteiger partial charge in [-0.2, -0.15) is 0 Å². The summed E-state index contributed by atoms with van der Waals surface area (Å²) >= 11 is 0. The Kier molecular flexibility index (Phi) is 5.50. The molecule has 2 nitrogen and oxygen atoms in total. The molecule has 0 aromatic heterocycles. The Morgan fingerprint density at radius 1 is 1.31 bits per heavy atom. The first kappa shape index (κ1) is 13.7. The third-order valence-corrected chi connectivity index (χ3v) is 3.69. The van der Waals surface area contributed by atoms with Crippen molar-refractivity contribution < 1.29 is 4.74 Å². The normalized spacial score (nSPS) is 22.4. The van der Waals surface area contributed by atoms with Crippen molar-refractivity contribution in [3.8, 4) is 0 Å². The minimum atomic E-state index is -0.00810. The van der Waals surface area contributed by atoms with Crippen LogP contribution in [0.1, 0.15) is 52.4 Å². The molecular formula is C14H27NO. The van der Waals surface area contributed by atoms with Crippen molar-refractivity contribution in [2.24, 2.45) is 0 Å². The lowest BCUT2D eigenvalue weighted by molar-refractivity contribution is -0.0670. The van der Waals surface area contributed by atoms with Gasteiger partial charge in [-0.1, -0.05) is 37.8 Å². The summed E-state index contributed by atoms with van der Waals surface area (Å²) in [6.45, 7) is 9.11. The molecule has 1 aliphatic rings. The summed E-state index contributed by atoms with van der Waals surface area (Å²) in [5.41, 5.74) is 1.18. The van der Waals surface area contributed by atoms with Crippen molar-refractivity contribution in [1.29, 1.82) is 0 Å². The van der Waals surface area contributed by atoms with Crippen molar-refractivity contribution in [2.45, 2.75) is 64.0 Å². The van der Waals surface area contributed by atoms with Crippen molar-refractivity contribution in [2.75, 3.05) is 13.7 Å². The predicted octanol–water partition coefficient (Wildman–Crippen LogP) is 3.28. The molecule has 0 aromatic carbocycles. The molecule has 16 heavy (non-hydrogen) atoms. The van der Waals surface area contributed by atoms with Gasteiger partial charge in [0.15, 0.2) is 0 Å². The number of hydrogen-bond donors (Lipinski definition) is 1. The van der Waals surface area contributed by atoms with Crippen molar-refractivity contribution in [3.63, 3.8) is 0 Å². The first-order valence-corrected chi connectivity index (χ1v) is 6.63. The number of rotatable bonds is 5. The molecule has 1 atom stereocenters. The van der Waals surface area contributed by atoms with E-state index in [4.69, 9.17) is 4.74 Å². The fraction of sp³-hybridized carbons (Fsp3) is 0.857. The first-order valence-electron chi connectivity index (χ1n) is 6.63. The fourth-order valence-electron chi connectivity index (χ4n) is 3.09. The van der Waals surface area contributed by atoms with Crippen LogP contribution < -0.4 is 5.32 Å². The highest BCUT2D eigenvalue weighted by Crippen LogP contribution is 2.35. The standard InChI is InChI=1S/C14H27NO/c1-5-16-14(13(15-4)12(2)3)10-8-6-7-9-11-14/h13,15H,2,5-11H2,1,3-4H3. The largest absolute Gasteiger partial charge is 0.373 e. The van der Waals surface area contributed by atoms with Crippen LogP contribution in [0.25, 0.3) is 0 Å². The smallest absolute Gasteiger partial charge is 0.0872 e. The van der Waals surface area contributed by atoms with E-state index >= 15 is 0 Å². The van der Waals surface area contributed by atoms with Crippen LogP contribution in [0.4, 0.5) is 0 Å². The van der Waals surface area contributed by atoms with Crippen molar-refractivity contribution >= 4 is 0 Å².